The third-order valence-electron chi connectivity index (χ3n) is 4.90. The van der Waals surface area contributed by atoms with E-state index in [4.69, 9.17) is 5.73 Å². The second-order valence-corrected chi connectivity index (χ2v) is 7.60. The van der Waals surface area contributed by atoms with Crippen molar-refractivity contribution in [3.63, 3.8) is 0 Å². The SMILES string of the molecule is C=C(NC(=O)CC1CC(CC)C1)/C(N)=C\C=C(/C)c1ccc(P)cc1. The van der Waals surface area contributed by atoms with Crippen molar-refractivity contribution < 1.29 is 4.79 Å². The maximum atomic E-state index is 12.1. The van der Waals surface area contributed by atoms with Crippen molar-refractivity contribution in [1.82, 2.24) is 5.32 Å². The smallest absolute Gasteiger partial charge is 0.224 e. The van der Waals surface area contributed by atoms with Gasteiger partial charge in [0.15, 0.2) is 0 Å². The fourth-order valence-corrected chi connectivity index (χ4v) is 3.28. The van der Waals surface area contributed by atoms with Crippen molar-refractivity contribution in [2.45, 2.75) is 39.5 Å². The van der Waals surface area contributed by atoms with E-state index in [2.05, 4.69) is 40.2 Å². The molecule has 1 saturated carbocycles. The summed E-state index contributed by atoms with van der Waals surface area (Å²) in [4.78, 5) is 12.1. The molecule has 2 rings (SSSR count). The highest BCUT2D eigenvalue weighted by atomic mass is 31.0. The first-order valence-corrected chi connectivity index (χ1v) is 9.45. The summed E-state index contributed by atoms with van der Waals surface area (Å²) in [5, 5.41) is 3.98. The fraction of sp³-hybridized carbons (Fsp3) is 0.381. The third-order valence-corrected chi connectivity index (χ3v) is 5.29. The lowest BCUT2D eigenvalue weighted by atomic mass is 9.72. The predicted molar refractivity (Wildman–Crippen MR) is 110 cm³/mol. The van der Waals surface area contributed by atoms with Crippen LogP contribution < -0.4 is 16.4 Å². The van der Waals surface area contributed by atoms with Crippen molar-refractivity contribution >= 4 is 26.0 Å². The summed E-state index contributed by atoms with van der Waals surface area (Å²) in [6, 6.07) is 8.23. The summed E-state index contributed by atoms with van der Waals surface area (Å²) in [6.45, 7) is 8.12. The lowest BCUT2D eigenvalue weighted by molar-refractivity contribution is -0.122. The molecule has 3 N–H and O–H groups in total. The zero-order valence-electron chi connectivity index (χ0n) is 15.2. The van der Waals surface area contributed by atoms with Crippen LogP contribution in [0.25, 0.3) is 5.57 Å². The lowest BCUT2D eigenvalue weighted by Crippen LogP contribution is -2.31. The quantitative estimate of drug-likeness (QED) is 0.575. The summed E-state index contributed by atoms with van der Waals surface area (Å²) < 4.78 is 0. The zero-order chi connectivity index (χ0) is 18.4. The second kappa shape index (κ2) is 9.01. The molecule has 3 nitrogen and oxygen atoms in total. The Balaban J connectivity index is 1.86. The number of carbonyl (C=O) groups excluding carboxylic acids is 1. The molecule has 0 heterocycles. The molecule has 0 aliphatic heterocycles. The van der Waals surface area contributed by atoms with Gasteiger partial charge in [0.2, 0.25) is 5.91 Å². The highest BCUT2D eigenvalue weighted by Crippen LogP contribution is 2.37. The van der Waals surface area contributed by atoms with Crippen molar-refractivity contribution in [1.29, 1.82) is 0 Å². The first-order valence-electron chi connectivity index (χ1n) is 8.88. The number of amides is 1. The van der Waals surface area contributed by atoms with E-state index in [1.807, 2.05) is 25.1 Å². The fourth-order valence-electron chi connectivity index (χ4n) is 3.09. The molecule has 1 aromatic rings. The number of nitrogens with two attached hydrogens (primary N) is 1. The third kappa shape index (κ3) is 5.86. The van der Waals surface area contributed by atoms with Crippen LogP contribution in [0.4, 0.5) is 0 Å². The van der Waals surface area contributed by atoms with Gasteiger partial charge in [0.05, 0.1) is 11.4 Å². The average Bonchev–Trinajstić information content (AvgIpc) is 2.55. The molecule has 1 fully saturated rings. The summed E-state index contributed by atoms with van der Waals surface area (Å²) >= 11 is 0. The monoisotopic (exact) mass is 356 g/mol. The lowest BCUT2D eigenvalue weighted by Gasteiger charge is -2.34. The predicted octanol–water partition coefficient (Wildman–Crippen LogP) is 3.89. The molecule has 1 amide bonds. The van der Waals surface area contributed by atoms with E-state index in [-0.39, 0.29) is 5.91 Å². The molecule has 1 aromatic carbocycles. The number of benzene rings is 1. The number of nitrogens with one attached hydrogen (secondary N) is 1. The highest BCUT2D eigenvalue weighted by molar-refractivity contribution is 7.27. The Labute approximate surface area is 153 Å². The Morgan fingerprint density at radius 1 is 1.28 bits per heavy atom. The van der Waals surface area contributed by atoms with E-state index < -0.39 is 0 Å². The summed E-state index contributed by atoms with van der Waals surface area (Å²) in [5.74, 6) is 1.34. The standard InChI is InChI=1S/C21H29N2OP/c1-4-16-11-17(12-16)13-21(24)23-15(3)20(22)10-5-14(2)18-6-8-19(25)9-7-18/h5-10,16-17H,3-4,11-13,22,25H2,1-2H3,(H,23,24)/b14-5+,20-10+. The first-order chi connectivity index (χ1) is 11.9. The normalized spacial score (nSPS) is 20.8. The number of allylic oxidation sites excluding steroid dienone is 3. The van der Waals surface area contributed by atoms with Gasteiger partial charge in [-0.05, 0) is 54.1 Å². The molecule has 4 heteroatoms. The van der Waals surface area contributed by atoms with Crippen LogP contribution in [0.15, 0.2) is 54.4 Å². The van der Waals surface area contributed by atoms with Crippen LogP contribution in [-0.4, -0.2) is 5.91 Å². The van der Waals surface area contributed by atoms with Crippen LogP contribution in [0.1, 0.15) is 45.1 Å². The van der Waals surface area contributed by atoms with Gasteiger partial charge in [0, 0.05) is 6.42 Å². The molecule has 1 aliphatic rings. The van der Waals surface area contributed by atoms with Gasteiger partial charge in [0.25, 0.3) is 0 Å². The van der Waals surface area contributed by atoms with Crippen LogP contribution in [0.5, 0.6) is 0 Å². The van der Waals surface area contributed by atoms with E-state index in [1.165, 1.54) is 19.3 Å². The maximum absolute atomic E-state index is 12.1. The minimum Gasteiger partial charge on any atom is -0.397 e. The molecule has 0 saturated heterocycles. The van der Waals surface area contributed by atoms with Gasteiger partial charge < -0.3 is 11.1 Å². The second-order valence-electron chi connectivity index (χ2n) is 6.94. The van der Waals surface area contributed by atoms with Crippen LogP contribution in [0.2, 0.25) is 0 Å². The Morgan fingerprint density at radius 3 is 2.52 bits per heavy atom. The first kappa shape index (κ1) is 19.5. The number of hydrogen-bond acceptors (Lipinski definition) is 2. The van der Waals surface area contributed by atoms with E-state index >= 15 is 0 Å². The van der Waals surface area contributed by atoms with Crippen LogP contribution in [-0.2, 0) is 4.79 Å². The molecule has 134 valence electrons. The van der Waals surface area contributed by atoms with Crippen molar-refractivity contribution in [2.24, 2.45) is 17.6 Å². The zero-order valence-corrected chi connectivity index (χ0v) is 16.4. The number of hydrogen-bond donors (Lipinski definition) is 2. The van der Waals surface area contributed by atoms with Gasteiger partial charge in [-0.2, -0.15) is 0 Å². The summed E-state index contributed by atoms with van der Waals surface area (Å²) in [7, 11) is 2.67. The van der Waals surface area contributed by atoms with Gasteiger partial charge in [-0.3, -0.25) is 4.79 Å². The van der Waals surface area contributed by atoms with E-state index in [0.29, 0.717) is 23.7 Å². The minimum absolute atomic E-state index is 0.0117. The maximum Gasteiger partial charge on any atom is 0.224 e. The Hall–Kier alpha value is -1.86. The minimum atomic E-state index is 0.0117. The Bertz CT molecular complexity index is 682. The molecule has 1 atom stereocenters. The van der Waals surface area contributed by atoms with E-state index in [9.17, 15) is 4.79 Å². The van der Waals surface area contributed by atoms with Crippen LogP contribution in [0, 0.1) is 11.8 Å². The van der Waals surface area contributed by atoms with Gasteiger partial charge >= 0.3 is 0 Å². The molecule has 1 aliphatic carbocycles. The van der Waals surface area contributed by atoms with E-state index in [0.717, 1.165) is 22.4 Å². The number of rotatable bonds is 7. The molecule has 0 bridgehead atoms. The van der Waals surface area contributed by atoms with Crippen molar-refractivity contribution in [2.75, 3.05) is 0 Å². The topological polar surface area (TPSA) is 55.1 Å². The summed E-state index contributed by atoms with van der Waals surface area (Å²) in [5.41, 5.74) is 9.23. The van der Waals surface area contributed by atoms with Crippen LogP contribution in [0.3, 0.4) is 0 Å². The Morgan fingerprint density at radius 2 is 1.92 bits per heavy atom. The van der Waals surface area contributed by atoms with E-state index in [1.54, 1.807) is 6.08 Å². The van der Waals surface area contributed by atoms with Gasteiger partial charge in [-0.1, -0.05) is 50.3 Å². The highest BCUT2D eigenvalue weighted by Gasteiger charge is 2.29. The molecule has 1 unspecified atom stereocenters. The van der Waals surface area contributed by atoms with Gasteiger partial charge in [0.1, 0.15) is 0 Å². The van der Waals surface area contributed by atoms with Crippen molar-refractivity contribution in [3.8, 4) is 0 Å². The summed E-state index contributed by atoms with van der Waals surface area (Å²) in [6.07, 6.45) is 7.85. The average molecular weight is 356 g/mol. The molecule has 25 heavy (non-hydrogen) atoms. The Kier molecular flexibility index (Phi) is 7.01. The number of carbonyl (C=O) groups is 1. The van der Waals surface area contributed by atoms with Gasteiger partial charge in [-0.15, -0.1) is 9.24 Å². The van der Waals surface area contributed by atoms with Crippen molar-refractivity contribution in [3.05, 3.63) is 60.0 Å². The van der Waals surface area contributed by atoms with Crippen LogP contribution >= 0.6 is 9.24 Å². The molecular formula is C21H29N2OP. The molecule has 0 aromatic heterocycles. The van der Waals surface area contributed by atoms with Gasteiger partial charge in [-0.25, -0.2) is 0 Å². The molecular weight excluding hydrogens is 327 g/mol. The largest absolute Gasteiger partial charge is 0.397 e. The molecule has 0 radical (unpaired) electrons. The molecule has 0 spiro atoms.